The van der Waals surface area contributed by atoms with Crippen molar-refractivity contribution in [2.75, 3.05) is 5.88 Å². The van der Waals surface area contributed by atoms with Crippen molar-refractivity contribution in [1.29, 1.82) is 0 Å². The van der Waals surface area contributed by atoms with Crippen LogP contribution in [-0.4, -0.2) is 17.1 Å². The fraction of sp³-hybridized carbons (Fsp3) is 1.00. The fourth-order valence-electron chi connectivity index (χ4n) is 1.06. The molecule has 68 valence electrons. The number of aliphatic hydroxyl groups is 1. The highest BCUT2D eigenvalue weighted by Gasteiger charge is 2.07. The summed E-state index contributed by atoms with van der Waals surface area (Å²) in [5.41, 5.74) is 0. The van der Waals surface area contributed by atoms with Crippen molar-refractivity contribution in [3.63, 3.8) is 0 Å². The maximum absolute atomic E-state index is 9.42. The minimum absolute atomic E-state index is 0.135. The summed E-state index contributed by atoms with van der Waals surface area (Å²) in [6.45, 7) is 4.32. The van der Waals surface area contributed by atoms with Gasteiger partial charge in [0.05, 0.1) is 6.10 Å². The van der Waals surface area contributed by atoms with Crippen molar-refractivity contribution in [2.24, 2.45) is 5.92 Å². The van der Waals surface area contributed by atoms with Gasteiger partial charge in [0.25, 0.3) is 0 Å². The van der Waals surface area contributed by atoms with Crippen LogP contribution in [0.3, 0.4) is 0 Å². The van der Waals surface area contributed by atoms with Gasteiger partial charge >= 0.3 is 0 Å². The highest BCUT2D eigenvalue weighted by atomic mass is 35.5. The maximum Gasteiger partial charge on any atom is 0.0543 e. The molecule has 0 radical (unpaired) electrons. The second-order valence-corrected chi connectivity index (χ2v) is 3.61. The molecule has 0 saturated carbocycles. The summed E-state index contributed by atoms with van der Waals surface area (Å²) in [5, 5.41) is 9.42. The normalized spacial score (nSPS) is 16.4. The molecular formula is C9H19ClO. The Bertz CT molecular complexity index is 85.6. The van der Waals surface area contributed by atoms with Crippen molar-refractivity contribution < 1.29 is 5.11 Å². The molecule has 0 fully saturated rings. The fourth-order valence-corrected chi connectivity index (χ4v) is 1.22. The van der Waals surface area contributed by atoms with Crippen LogP contribution in [-0.2, 0) is 0 Å². The Balaban J connectivity index is 3.27. The Hall–Kier alpha value is 0.250. The smallest absolute Gasteiger partial charge is 0.0543 e. The number of halogens is 1. The van der Waals surface area contributed by atoms with Gasteiger partial charge in [-0.25, -0.2) is 0 Å². The lowest BCUT2D eigenvalue weighted by Gasteiger charge is -2.13. The van der Waals surface area contributed by atoms with Crippen molar-refractivity contribution in [3.05, 3.63) is 0 Å². The van der Waals surface area contributed by atoms with E-state index in [1.807, 2.05) is 0 Å². The zero-order chi connectivity index (χ0) is 8.69. The highest BCUT2D eigenvalue weighted by Crippen LogP contribution is 2.13. The molecule has 0 aromatic rings. The van der Waals surface area contributed by atoms with Crippen molar-refractivity contribution in [1.82, 2.24) is 0 Å². The van der Waals surface area contributed by atoms with E-state index in [1.165, 1.54) is 0 Å². The van der Waals surface area contributed by atoms with E-state index in [0.29, 0.717) is 11.8 Å². The average Bonchev–Trinajstić information content (AvgIpc) is 2.00. The Morgan fingerprint density at radius 3 is 2.55 bits per heavy atom. The third-order valence-corrected chi connectivity index (χ3v) is 2.31. The second kappa shape index (κ2) is 6.93. The molecule has 2 heteroatoms. The standard InChI is InChI=1S/C9H19ClO/c1-3-8(2)7-9(11)5-4-6-10/h8-9,11H,3-7H2,1-2H3. The Labute approximate surface area is 74.8 Å². The topological polar surface area (TPSA) is 20.2 Å². The molecule has 11 heavy (non-hydrogen) atoms. The Kier molecular flexibility index (Phi) is 7.09. The number of aliphatic hydroxyl groups excluding tert-OH is 1. The lowest BCUT2D eigenvalue weighted by molar-refractivity contribution is 0.134. The molecule has 2 atom stereocenters. The number of rotatable bonds is 6. The predicted molar refractivity (Wildman–Crippen MR) is 50.0 cm³/mol. The number of hydrogen-bond acceptors (Lipinski definition) is 1. The van der Waals surface area contributed by atoms with Gasteiger partial charge in [-0.15, -0.1) is 11.6 Å². The highest BCUT2D eigenvalue weighted by molar-refractivity contribution is 6.17. The molecule has 0 aliphatic carbocycles. The first kappa shape index (κ1) is 11.2. The van der Waals surface area contributed by atoms with Crippen molar-refractivity contribution in [2.45, 2.75) is 45.6 Å². The molecule has 0 aromatic carbocycles. The van der Waals surface area contributed by atoms with Gasteiger partial charge < -0.3 is 5.11 Å². The molecule has 0 rings (SSSR count). The van der Waals surface area contributed by atoms with Gasteiger partial charge in [-0.1, -0.05) is 20.3 Å². The molecule has 0 spiro atoms. The molecule has 0 aliphatic heterocycles. The van der Waals surface area contributed by atoms with E-state index in [-0.39, 0.29) is 6.10 Å². The summed E-state index contributed by atoms with van der Waals surface area (Å²) in [7, 11) is 0. The van der Waals surface area contributed by atoms with Crippen molar-refractivity contribution >= 4 is 11.6 Å². The van der Waals surface area contributed by atoms with Gasteiger partial charge in [0.2, 0.25) is 0 Å². The first-order chi connectivity index (χ1) is 5.20. The molecule has 0 heterocycles. The molecule has 1 nitrogen and oxygen atoms in total. The van der Waals surface area contributed by atoms with E-state index in [1.54, 1.807) is 0 Å². The first-order valence-electron chi connectivity index (χ1n) is 4.44. The van der Waals surface area contributed by atoms with Crippen LogP contribution in [0.4, 0.5) is 0 Å². The Morgan fingerprint density at radius 1 is 1.45 bits per heavy atom. The molecular weight excluding hydrogens is 160 g/mol. The monoisotopic (exact) mass is 178 g/mol. The molecule has 1 N–H and O–H groups in total. The molecule has 0 aliphatic rings. The molecule has 0 saturated heterocycles. The van der Waals surface area contributed by atoms with Gasteiger partial charge in [0.1, 0.15) is 0 Å². The van der Waals surface area contributed by atoms with Crippen LogP contribution in [0.5, 0.6) is 0 Å². The van der Waals surface area contributed by atoms with Crippen molar-refractivity contribution in [3.8, 4) is 0 Å². The zero-order valence-electron chi connectivity index (χ0n) is 7.52. The second-order valence-electron chi connectivity index (χ2n) is 3.23. The molecule has 2 unspecified atom stereocenters. The SMILES string of the molecule is CCC(C)CC(O)CCCCl. The summed E-state index contributed by atoms with van der Waals surface area (Å²) in [6.07, 6.45) is 3.72. The molecule has 0 aromatic heterocycles. The Morgan fingerprint density at radius 2 is 2.09 bits per heavy atom. The lowest BCUT2D eigenvalue weighted by Crippen LogP contribution is -2.11. The maximum atomic E-state index is 9.42. The predicted octanol–water partition coefficient (Wildman–Crippen LogP) is 2.80. The largest absolute Gasteiger partial charge is 0.393 e. The summed E-state index contributed by atoms with van der Waals surface area (Å²) >= 11 is 5.50. The minimum Gasteiger partial charge on any atom is -0.393 e. The molecule has 0 amide bonds. The van der Waals surface area contributed by atoms with Crippen LogP contribution < -0.4 is 0 Å². The van der Waals surface area contributed by atoms with Gasteiger partial charge in [-0.3, -0.25) is 0 Å². The van der Waals surface area contributed by atoms with Gasteiger partial charge in [0.15, 0.2) is 0 Å². The van der Waals surface area contributed by atoms with Gasteiger partial charge in [-0.05, 0) is 25.2 Å². The minimum atomic E-state index is -0.135. The van der Waals surface area contributed by atoms with E-state index >= 15 is 0 Å². The summed E-state index contributed by atoms with van der Waals surface area (Å²) < 4.78 is 0. The van der Waals surface area contributed by atoms with Crippen LogP contribution in [0.25, 0.3) is 0 Å². The third kappa shape index (κ3) is 6.64. The van der Waals surface area contributed by atoms with Crippen LogP contribution in [0.15, 0.2) is 0 Å². The number of alkyl halides is 1. The summed E-state index contributed by atoms with van der Waals surface area (Å²) in [6, 6.07) is 0. The van der Waals surface area contributed by atoms with Crippen LogP contribution in [0.1, 0.15) is 39.5 Å². The van der Waals surface area contributed by atoms with E-state index in [4.69, 9.17) is 11.6 Å². The van der Waals surface area contributed by atoms with E-state index in [9.17, 15) is 5.11 Å². The van der Waals surface area contributed by atoms with Crippen LogP contribution >= 0.6 is 11.6 Å². The van der Waals surface area contributed by atoms with Gasteiger partial charge in [0, 0.05) is 5.88 Å². The average molecular weight is 179 g/mol. The van der Waals surface area contributed by atoms with Crippen LogP contribution in [0.2, 0.25) is 0 Å². The molecule has 0 bridgehead atoms. The van der Waals surface area contributed by atoms with Crippen LogP contribution in [0, 0.1) is 5.92 Å². The summed E-state index contributed by atoms with van der Waals surface area (Å²) in [4.78, 5) is 0. The van der Waals surface area contributed by atoms with E-state index in [2.05, 4.69) is 13.8 Å². The van der Waals surface area contributed by atoms with E-state index in [0.717, 1.165) is 25.7 Å². The third-order valence-electron chi connectivity index (χ3n) is 2.04. The zero-order valence-corrected chi connectivity index (χ0v) is 8.27. The van der Waals surface area contributed by atoms with Gasteiger partial charge in [-0.2, -0.15) is 0 Å². The van der Waals surface area contributed by atoms with E-state index < -0.39 is 0 Å². The quantitative estimate of drug-likeness (QED) is 0.621. The lowest BCUT2D eigenvalue weighted by atomic mass is 9.99. The number of hydrogen-bond donors (Lipinski definition) is 1. The first-order valence-corrected chi connectivity index (χ1v) is 4.98. The summed E-state index contributed by atoms with van der Waals surface area (Å²) in [5.74, 6) is 1.30.